The van der Waals surface area contributed by atoms with Gasteiger partial charge in [-0.1, -0.05) is 43.7 Å². The average molecular weight is 673 g/mol. The van der Waals surface area contributed by atoms with Crippen LogP contribution in [0.25, 0.3) is 0 Å². The van der Waals surface area contributed by atoms with Gasteiger partial charge < -0.3 is 24.0 Å². The Morgan fingerprint density at radius 1 is 1.17 bits per heavy atom. The van der Waals surface area contributed by atoms with Crippen LogP contribution < -0.4 is 10.2 Å². The van der Waals surface area contributed by atoms with Gasteiger partial charge >= 0.3 is 6.09 Å². The second-order valence-electron chi connectivity index (χ2n) is 11.9. The van der Waals surface area contributed by atoms with Crippen molar-refractivity contribution in [1.82, 2.24) is 4.90 Å². The Morgan fingerprint density at radius 2 is 1.85 bits per heavy atom. The lowest BCUT2D eigenvalue weighted by molar-refractivity contribution is 0.0352. The van der Waals surface area contributed by atoms with Crippen LogP contribution in [0, 0.1) is 6.92 Å². The molecule has 0 radical (unpaired) electrons. The predicted octanol–water partition coefficient (Wildman–Crippen LogP) is 8.87. The van der Waals surface area contributed by atoms with Crippen LogP contribution in [-0.4, -0.2) is 68.0 Å². The van der Waals surface area contributed by atoms with Crippen molar-refractivity contribution in [2.75, 3.05) is 51.4 Å². The molecule has 0 spiro atoms. The van der Waals surface area contributed by atoms with Crippen LogP contribution in [0.5, 0.6) is 0 Å². The number of carbonyl (C=O) groups excluding carboxylic acids is 1. The molecule has 1 fully saturated rings. The number of ether oxygens (including phenoxy) is 3. The molecule has 7 nitrogen and oxygen atoms in total. The number of benzene rings is 1. The molecular weight excluding hydrogens is 614 g/mol. The van der Waals surface area contributed by atoms with E-state index < -0.39 is 5.60 Å². The Kier molecular flexibility index (Phi) is 19.4. The number of hydrogen-bond donors (Lipinski definition) is 1. The van der Waals surface area contributed by atoms with E-state index in [2.05, 4.69) is 39.0 Å². The van der Waals surface area contributed by atoms with E-state index in [1.807, 2.05) is 58.9 Å². The number of rotatable bonds is 18. The molecule has 0 bridgehead atoms. The van der Waals surface area contributed by atoms with E-state index in [1.165, 1.54) is 6.08 Å². The van der Waals surface area contributed by atoms with E-state index in [4.69, 9.17) is 14.2 Å². The minimum Gasteiger partial charge on any atom is -0.493 e. The number of hydrogen-bond acceptors (Lipinski definition) is 6. The molecule has 1 aliphatic heterocycles. The van der Waals surface area contributed by atoms with Crippen LogP contribution in [0.4, 0.5) is 14.9 Å². The fourth-order valence-electron chi connectivity index (χ4n) is 5.37. The highest BCUT2D eigenvalue weighted by Crippen LogP contribution is 2.35. The van der Waals surface area contributed by atoms with Crippen molar-refractivity contribution in [2.45, 2.75) is 80.3 Å². The van der Waals surface area contributed by atoms with E-state index in [1.54, 1.807) is 24.0 Å². The van der Waals surface area contributed by atoms with Crippen molar-refractivity contribution in [3.63, 3.8) is 0 Å². The number of cyclic esters (lactones) is 1. The van der Waals surface area contributed by atoms with Gasteiger partial charge in [-0.25, -0.2) is 9.18 Å². The van der Waals surface area contributed by atoms with Crippen molar-refractivity contribution >= 4 is 25.9 Å². The Morgan fingerprint density at radius 3 is 2.40 bits per heavy atom. The van der Waals surface area contributed by atoms with Gasteiger partial charge in [0, 0.05) is 51.5 Å². The molecule has 2 rings (SSSR count). The lowest BCUT2D eigenvalue weighted by Crippen LogP contribution is -2.38. The van der Waals surface area contributed by atoms with Crippen molar-refractivity contribution < 1.29 is 28.3 Å². The molecule has 1 saturated heterocycles. The van der Waals surface area contributed by atoms with Crippen LogP contribution in [0.1, 0.15) is 73.3 Å². The summed E-state index contributed by atoms with van der Waals surface area (Å²) in [5.74, 6) is 0.344. The molecule has 0 saturated carbocycles. The van der Waals surface area contributed by atoms with E-state index in [0.29, 0.717) is 50.7 Å². The maximum atomic E-state index is 14.1. The van der Waals surface area contributed by atoms with E-state index in [-0.39, 0.29) is 20.7 Å². The SMILES string of the molecule is C=CC.C=C\C(F)=C(C)/C=C(C)/C(COCC)=C(/C=C(\C)CN(C)CCC1(CCC)CN(c2ccc(PO)c(C)c2)C(=O)O1)OCC. The maximum absolute atomic E-state index is 14.1. The molecule has 0 aliphatic carbocycles. The summed E-state index contributed by atoms with van der Waals surface area (Å²) in [4.78, 5) is 26.5. The van der Waals surface area contributed by atoms with Crippen molar-refractivity contribution in [3.05, 3.63) is 95.1 Å². The van der Waals surface area contributed by atoms with Gasteiger partial charge in [0.15, 0.2) is 0 Å². The summed E-state index contributed by atoms with van der Waals surface area (Å²) in [5.41, 5.74) is 4.50. The normalized spacial score (nSPS) is 18.1. The predicted molar refractivity (Wildman–Crippen MR) is 197 cm³/mol. The van der Waals surface area contributed by atoms with Crippen LogP contribution in [0.2, 0.25) is 0 Å². The molecule has 2 atom stereocenters. The smallest absolute Gasteiger partial charge is 0.415 e. The number of carbonyl (C=O) groups is 1. The Hall–Kier alpha value is -3.03. The first-order chi connectivity index (χ1) is 22.3. The van der Waals surface area contributed by atoms with Crippen LogP contribution in [-0.2, 0) is 14.2 Å². The third kappa shape index (κ3) is 13.5. The lowest BCUT2D eigenvalue weighted by Gasteiger charge is -2.29. The van der Waals surface area contributed by atoms with Gasteiger partial charge in [0.25, 0.3) is 0 Å². The third-order valence-electron chi connectivity index (χ3n) is 7.68. The van der Waals surface area contributed by atoms with Gasteiger partial charge in [0.2, 0.25) is 0 Å². The number of allylic oxidation sites excluding steroid dienone is 6. The van der Waals surface area contributed by atoms with Crippen molar-refractivity contribution in [3.8, 4) is 0 Å². The molecule has 1 aromatic rings. The fraction of sp³-hybridized carbons (Fsp3) is 0.500. The molecule has 1 aliphatic rings. The lowest BCUT2D eigenvalue weighted by atomic mass is 9.93. The molecule has 262 valence electrons. The highest BCUT2D eigenvalue weighted by Gasteiger charge is 2.45. The number of anilines is 1. The molecule has 1 N–H and O–H groups in total. The number of aryl methyl sites for hydroxylation is 1. The number of amides is 1. The first-order valence-corrected chi connectivity index (χ1v) is 17.3. The zero-order valence-electron chi connectivity index (χ0n) is 30.2. The highest BCUT2D eigenvalue weighted by atomic mass is 31.1. The van der Waals surface area contributed by atoms with Gasteiger partial charge in [0.05, 0.1) is 19.8 Å². The van der Waals surface area contributed by atoms with Gasteiger partial charge in [0.1, 0.15) is 17.2 Å². The number of halogens is 1. The van der Waals surface area contributed by atoms with Crippen LogP contribution in [0.3, 0.4) is 0 Å². The van der Waals surface area contributed by atoms with Gasteiger partial charge in [-0.05, 0) is 103 Å². The summed E-state index contributed by atoms with van der Waals surface area (Å²) in [6.07, 6.45) is 8.83. The number of nitrogens with zero attached hydrogens (tertiary/aromatic N) is 2. The molecule has 1 amide bonds. The van der Waals surface area contributed by atoms with Crippen LogP contribution in [0.15, 0.2) is 89.5 Å². The molecule has 2 unspecified atom stereocenters. The topological polar surface area (TPSA) is 71.5 Å². The fourth-order valence-corrected chi connectivity index (χ4v) is 5.78. The monoisotopic (exact) mass is 672 g/mol. The first kappa shape index (κ1) is 42.0. The maximum Gasteiger partial charge on any atom is 0.415 e. The quantitative estimate of drug-likeness (QED) is 0.0727. The van der Waals surface area contributed by atoms with Crippen molar-refractivity contribution in [1.29, 1.82) is 0 Å². The van der Waals surface area contributed by atoms with E-state index in [0.717, 1.165) is 52.7 Å². The van der Waals surface area contributed by atoms with E-state index in [9.17, 15) is 14.1 Å². The summed E-state index contributed by atoms with van der Waals surface area (Å²) >= 11 is 0. The summed E-state index contributed by atoms with van der Waals surface area (Å²) in [7, 11) is 1.78. The molecule has 47 heavy (non-hydrogen) atoms. The Balaban J connectivity index is 0.00000354. The summed E-state index contributed by atoms with van der Waals surface area (Å²) in [5, 5.41) is 0.873. The third-order valence-corrected chi connectivity index (χ3v) is 8.48. The second-order valence-corrected chi connectivity index (χ2v) is 12.6. The zero-order chi connectivity index (χ0) is 35.6. The second kappa shape index (κ2) is 21.8. The minimum atomic E-state index is -0.571. The zero-order valence-corrected chi connectivity index (χ0v) is 31.2. The average Bonchev–Trinajstić information content (AvgIpc) is 3.36. The molecule has 1 aromatic carbocycles. The standard InChI is InChI=1S/C35H52FN2O5P.C3H6/c1-10-16-35(24-38(34(39)43-35)29-14-15-33(44-40)28(8)21-29)17-18-37(9)22-25(5)19-32(42-13-4)30(23-41-12-3)26(6)20-27(7)31(36)11-2;1-3-2/h11,14-15,19-21,40,44H,2,10,12-13,16-18,22-24H2,1,3-9H3;3H,1H2,2H3/b25-19+,26-20+,31-27+,32-30-;. The summed E-state index contributed by atoms with van der Waals surface area (Å²) in [6.45, 7) is 25.7. The molecule has 0 aromatic heterocycles. The Labute approximate surface area is 285 Å². The van der Waals surface area contributed by atoms with Gasteiger partial charge in [-0.3, -0.25) is 4.90 Å². The Bertz CT molecular complexity index is 1320. The minimum absolute atomic E-state index is 0.278. The van der Waals surface area contributed by atoms with E-state index >= 15 is 0 Å². The largest absolute Gasteiger partial charge is 0.493 e. The van der Waals surface area contributed by atoms with Gasteiger partial charge in [-0.2, -0.15) is 0 Å². The van der Waals surface area contributed by atoms with Crippen molar-refractivity contribution in [2.24, 2.45) is 0 Å². The summed E-state index contributed by atoms with van der Waals surface area (Å²) in [6, 6.07) is 5.69. The molecule has 9 heteroatoms. The van der Waals surface area contributed by atoms with Crippen LogP contribution >= 0.6 is 8.81 Å². The summed E-state index contributed by atoms with van der Waals surface area (Å²) < 4.78 is 32.0. The number of likely N-dealkylation sites (N-methyl/N-ethyl adjacent to an activating group) is 1. The highest BCUT2D eigenvalue weighted by molar-refractivity contribution is 7.41. The first-order valence-electron chi connectivity index (χ1n) is 16.4. The molecular formula is C38H58FN2O5P. The molecule has 1 heterocycles. The van der Waals surface area contributed by atoms with Gasteiger partial charge in [-0.15, -0.1) is 6.58 Å².